The van der Waals surface area contributed by atoms with Crippen LogP contribution < -0.4 is 4.72 Å². The van der Waals surface area contributed by atoms with Crippen molar-refractivity contribution in [3.8, 4) is 0 Å². The Kier molecular flexibility index (Phi) is 3.73. The van der Waals surface area contributed by atoms with Gasteiger partial charge in [0.15, 0.2) is 0 Å². The largest absolute Gasteiger partial charge is 0.242 e. The highest BCUT2D eigenvalue weighted by atomic mass is 35.5. The number of hydrogen-bond donors (Lipinski definition) is 1. The standard InChI is InChI=1S/C11H12ClNO2S2/c1-2-13-17(14,15)11-8-5-3-4-6-9(8)16-10(11)7-12/h3-6,13H,2,7H2,1H3. The Hall–Kier alpha value is -0.620. The van der Waals surface area contributed by atoms with Gasteiger partial charge in [0.2, 0.25) is 10.0 Å². The minimum Gasteiger partial charge on any atom is -0.211 e. The summed E-state index contributed by atoms with van der Waals surface area (Å²) in [6.07, 6.45) is 0. The van der Waals surface area contributed by atoms with Crippen LogP contribution in [-0.4, -0.2) is 15.0 Å². The van der Waals surface area contributed by atoms with Gasteiger partial charge in [-0.25, -0.2) is 13.1 Å². The van der Waals surface area contributed by atoms with Gasteiger partial charge in [-0.15, -0.1) is 22.9 Å². The van der Waals surface area contributed by atoms with Gasteiger partial charge < -0.3 is 0 Å². The maximum Gasteiger partial charge on any atom is 0.242 e. The average Bonchev–Trinajstić information content (AvgIpc) is 2.67. The first-order chi connectivity index (χ1) is 8.10. The van der Waals surface area contributed by atoms with E-state index in [1.807, 2.05) is 24.3 Å². The van der Waals surface area contributed by atoms with Crippen LogP contribution in [0.4, 0.5) is 0 Å². The maximum absolute atomic E-state index is 12.1. The summed E-state index contributed by atoms with van der Waals surface area (Å²) < 4.78 is 27.7. The Balaban J connectivity index is 2.74. The molecule has 0 aliphatic rings. The third-order valence-corrected chi connectivity index (χ3v) is 5.74. The molecule has 0 saturated heterocycles. The van der Waals surface area contributed by atoms with Crippen molar-refractivity contribution in [2.75, 3.05) is 6.54 Å². The van der Waals surface area contributed by atoms with Crippen LogP contribution in [0.2, 0.25) is 0 Å². The van der Waals surface area contributed by atoms with Gasteiger partial charge in [0, 0.05) is 21.5 Å². The monoisotopic (exact) mass is 289 g/mol. The van der Waals surface area contributed by atoms with E-state index >= 15 is 0 Å². The van der Waals surface area contributed by atoms with Crippen molar-refractivity contribution in [1.82, 2.24) is 4.72 Å². The van der Waals surface area contributed by atoms with Gasteiger partial charge in [-0.1, -0.05) is 25.1 Å². The van der Waals surface area contributed by atoms with E-state index in [0.29, 0.717) is 16.3 Å². The lowest BCUT2D eigenvalue weighted by Gasteiger charge is -2.05. The van der Waals surface area contributed by atoms with E-state index < -0.39 is 10.0 Å². The van der Waals surface area contributed by atoms with E-state index in [0.717, 1.165) is 10.1 Å². The van der Waals surface area contributed by atoms with Crippen LogP contribution >= 0.6 is 22.9 Å². The maximum atomic E-state index is 12.1. The van der Waals surface area contributed by atoms with E-state index in [4.69, 9.17) is 11.6 Å². The highest BCUT2D eigenvalue weighted by Gasteiger charge is 2.22. The topological polar surface area (TPSA) is 46.2 Å². The first-order valence-electron chi connectivity index (χ1n) is 5.16. The Morgan fingerprint density at radius 3 is 2.71 bits per heavy atom. The molecule has 0 fully saturated rings. The number of benzene rings is 1. The van der Waals surface area contributed by atoms with Gasteiger partial charge in [0.05, 0.1) is 5.88 Å². The van der Waals surface area contributed by atoms with Crippen LogP contribution in [0.15, 0.2) is 29.2 Å². The molecule has 0 aliphatic carbocycles. The van der Waals surface area contributed by atoms with Crippen molar-refractivity contribution >= 4 is 43.0 Å². The molecule has 0 amide bonds. The Morgan fingerprint density at radius 1 is 1.35 bits per heavy atom. The molecule has 0 radical (unpaired) electrons. The third kappa shape index (κ3) is 2.33. The lowest BCUT2D eigenvalue weighted by atomic mass is 10.2. The zero-order valence-electron chi connectivity index (χ0n) is 9.23. The molecule has 2 aromatic rings. The predicted octanol–water partition coefficient (Wildman–Crippen LogP) is 2.94. The minimum absolute atomic E-state index is 0.208. The van der Waals surface area contributed by atoms with E-state index in [9.17, 15) is 8.42 Å². The SMILES string of the molecule is CCNS(=O)(=O)c1c(CCl)sc2ccccc12. The van der Waals surface area contributed by atoms with Gasteiger partial charge in [0.1, 0.15) is 4.90 Å². The lowest BCUT2D eigenvalue weighted by molar-refractivity contribution is 0.584. The number of fused-ring (bicyclic) bond motifs is 1. The molecular weight excluding hydrogens is 278 g/mol. The van der Waals surface area contributed by atoms with Crippen molar-refractivity contribution in [3.05, 3.63) is 29.1 Å². The van der Waals surface area contributed by atoms with Crippen molar-refractivity contribution in [3.63, 3.8) is 0 Å². The number of sulfonamides is 1. The zero-order chi connectivity index (χ0) is 12.5. The normalized spacial score (nSPS) is 12.1. The zero-order valence-corrected chi connectivity index (χ0v) is 11.6. The van der Waals surface area contributed by atoms with Crippen LogP contribution in [0.3, 0.4) is 0 Å². The number of hydrogen-bond acceptors (Lipinski definition) is 3. The van der Waals surface area contributed by atoms with E-state index in [-0.39, 0.29) is 5.88 Å². The lowest BCUT2D eigenvalue weighted by Crippen LogP contribution is -2.23. The van der Waals surface area contributed by atoms with Crippen LogP contribution in [-0.2, 0) is 15.9 Å². The summed E-state index contributed by atoms with van der Waals surface area (Å²) in [4.78, 5) is 1.02. The van der Waals surface area contributed by atoms with Crippen molar-refractivity contribution in [2.45, 2.75) is 17.7 Å². The van der Waals surface area contributed by atoms with Gasteiger partial charge in [0.25, 0.3) is 0 Å². The van der Waals surface area contributed by atoms with Crippen LogP contribution in [0.25, 0.3) is 10.1 Å². The summed E-state index contributed by atoms with van der Waals surface area (Å²) >= 11 is 7.25. The fourth-order valence-electron chi connectivity index (χ4n) is 1.72. The number of rotatable bonds is 4. The molecule has 1 aromatic heterocycles. The molecule has 1 N–H and O–H groups in total. The predicted molar refractivity (Wildman–Crippen MR) is 72.2 cm³/mol. The molecular formula is C11H12ClNO2S2. The number of thiophene rings is 1. The number of nitrogens with one attached hydrogen (secondary N) is 1. The van der Waals surface area contributed by atoms with Crippen LogP contribution in [0.1, 0.15) is 11.8 Å². The summed E-state index contributed by atoms with van der Waals surface area (Å²) in [7, 11) is -3.46. The molecule has 0 bridgehead atoms. The van der Waals surface area contributed by atoms with Crippen molar-refractivity contribution in [1.29, 1.82) is 0 Å². The molecule has 0 aliphatic heterocycles. The van der Waals surface area contributed by atoms with Gasteiger partial charge in [-0.3, -0.25) is 0 Å². The molecule has 6 heteroatoms. The summed E-state index contributed by atoms with van der Waals surface area (Å²) in [6, 6.07) is 7.44. The highest BCUT2D eigenvalue weighted by Crippen LogP contribution is 2.35. The average molecular weight is 290 g/mol. The molecule has 17 heavy (non-hydrogen) atoms. The summed E-state index contributed by atoms with van der Waals surface area (Å²) in [5, 5.41) is 0.745. The van der Waals surface area contributed by atoms with Gasteiger partial charge in [-0.05, 0) is 6.07 Å². The second kappa shape index (κ2) is 4.94. The third-order valence-electron chi connectivity index (χ3n) is 2.34. The Bertz CT molecular complexity index is 634. The van der Waals surface area contributed by atoms with Crippen molar-refractivity contribution < 1.29 is 8.42 Å². The first-order valence-corrected chi connectivity index (χ1v) is 7.99. The second-order valence-corrected chi connectivity index (χ2v) is 6.59. The molecule has 0 saturated carbocycles. The smallest absolute Gasteiger partial charge is 0.211 e. The Morgan fingerprint density at radius 2 is 2.06 bits per heavy atom. The van der Waals surface area contributed by atoms with Gasteiger partial charge >= 0.3 is 0 Å². The molecule has 1 aromatic carbocycles. The first kappa shape index (κ1) is 12.8. The molecule has 0 atom stereocenters. The quantitative estimate of drug-likeness (QED) is 0.880. The minimum atomic E-state index is -3.46. The summed E-state index contributed by atoms with van der Waals surface area (Å²) in [5.74, 6) is 0.208. The molecule has 0 unspecified atom stereocenters. The molecule has 2 rings (SSSR count). The Labute approximate surface area is 109 Å². The van der Waals surface area contributed by atoms with Crippen LogP contribution in [0.5, 0.6) is 0 Å². The number of halogens is 1. The molecule has 0 spiro atoms. The van der Waals surface area contributed by atoms with Gasteiger partial charge in [-0.2, -0.15) is 0 Å². The summed E-state index contributed by atoms with van der Waals surface area (Å²) in [5.41, 5.74) is 0. The second-order valence-electron chi connectivity index (χ2n) is 3.49. The van der Waals surface area contributed by atoms with Crippen LogP contribution in [0, 0.1) is 0 Å². The highest BCUT2D eigenvalue weighted by molar-refractivity contribution is 7.90. The van der Waals surface area contributed by atoms with E-state index in [1.165, 1.54) is 11.3 Å². The fourth-order valence-corrected chi connectivity index (χ4v) is 4.93. The summed E-state index contributed by atoms with van der Waals surface area (Å²) in [6.45, 7) is 2.13. The molecule has 3 nitrogen and oxygen atoms in total. The van der Waals surface area contributed by atoms with E-state index in [1.54, 1.807) is 6.92 Å². The number of alkyl halides is 1. The molecule has 92 valence electrons. The van der Waals surface area contributed by atoms with Crippen molar-refractivity contribution in [2.24, 2.45) is 0 Å². The van der Waals surface area contributed by atoms with E-state index in [2.05, 4.69) is 4.72 Å². The molecule has 1 heterocycles. The fraction of sp³-hybridized carbons (Fsp3) is 0.273.